The molecule has 5 heteroatoms. The van der Waals surface area contributed by atoms with E-state index in [4.69, 9.17) is 10.8 Å². The van der Waals surface area contributed by atoms with Gasteiger partial charge < -0.3 is 15.7 Å². The van der Waals surface area contributed by atoms with Gasteiger partial charge in [-0.3, -0.25) is 9.59 Å². The quantitative estimate of drug-likeness (QED) is 0.617. The SMILES string of the molecule is NCC(=O)N1CCCC1CC(=O)O. The molecule has 74 valence electrons. The Morgan fingerprint density at radius 1 is 1.54 bits per heavy atom. The van der Waals surface area contributed by atoms with Gasteiger partial charge in [0.25, 0.3) is 0 Å². The van der Waals surface area contributed by atoms with Crippen LogP contribution in [-0.2, 0) is 9.59 Å². The molecular formula is C8H14N2O3. The van der Waals surface area contributed by atoms with Gasteiger partial charge in [-0.15, -0.1) is 0 Å². The number of hydrogen-bond donors (Lipinski definition) is 2. The average Bonchev–Trinajstić information content (AvgIpc) is 2.50. The molecule has 5 nitrogen and oxygen atoms in total. The summed E-state index contributed by atoms with van der Waals surface area (Å²) < 4.78 is 0. The van der Waals surface area contributed by atoms with Gasteiger partial charge >= 0.3 is 5.97 Å². The molecule has 0 bridgehead atoms. The summed E-state index contributed by atoms with van der Waals surface area (Å²) in [5.41, 5.74) is 5.21. The smallest absolute Gasteiger partial charge is 0.305 e. The number of nitrogens with zero attached hydrogens (tertiary/aromatic N) is 1. The molecular weight excluding hydrogens is 172 g/mol. The minimum atomic E-state index is -0.860. The van der Waals surface area contributed by atoms with Crippen molar-refractivity contribution < 1.29 is 14.7 Å². The number of rotatable bonds is 3. The fourth-order valence-corrected chi connectivity index (χ4v) is 1.70. The van der Waals surface area contributed by atoms with Crippen molar-refractivity contribution in [3.8, 4) is 0 Å². The van der Waals surface area contributed by atoms with Crippen LogP contribution >= 0.6 is 0 Å². The van der Waals surface area contributed by atoms with Gasteiger partial charge in [-0.2, -0.15) is 0 Å². The van der Waals surface area contributed by atoms with Gasteiger partial charge in [-0.25, -0.2) is 0 Å². The third-order valence-corrected chi connectivity index (χ3v) is 2.28. The normalized spacial score (nSPS) is 21.9. The van der Waals surface area contributed by atoms with Crippen LogP contribution in [-0.4, -0.2) is 41.0 Å². The Balaban J connectivity index is 2.53. The van der Waals surface area contributed by atoms with Crippen LogP contribution in [0, 0.1) is 0 Å². The molecule has 1 atom stereocenters. The highest BCUT2D eigenvalue weighted by molar-refractivity contribution is 5.79. The number of hydrogen-bond acceptors (Lipinski definition) is 3. The average molecular weight is 186 g/mol. The molecule has 0 aromatic carbocycles. The van der Waals surface area contributed by atoms with E-state index in [2.05, 4.69) is 0 Å². The highest BCUT2D eigenvalue weighted by Crippen LogP contribution is 2.19. The molecule has 0 radical (unpaired) electrons. The van der Waals surface area contributed by atoms with E-state index in [0.29, 0.717) is 6.54 Å². The summed E-state index contributed by atoms with van der Waals surface area (Å²) in [6.07, 6.45) is 1.69. The maximum Gasteiger partial charge on any atom is 0.305 e. The molecule has 0 saturated carbocycles. The second-order valence-electron chi connectivity index (χ2n) is 3.19. The van der Waals surface area contributed by atoms with Crippen molar-refractivity contribution in [2.24, 2.45) is 5.73 Å². The maximum atomic E-state index is 11.2. The molecule has 0 aliphatic carbocycles. The van der Waals surface area contributed by atoms with E-state index in [0.717, 1.165) is 12.8 Å². The first-order valence-corrected chi connectivity index (χ1v) is 4.36. The van der Waals surface area contributed by atoms with Crippen molar-refractivity contribution in [2.75, 3.05) is 13.1 Å². The minimum absolute atomic E-state index is 0.0316. The zero-order valence-corrected chi connectivity index (χ0v) is 7.40. The van der Waals surface area contributed by atoms with Crippen LogP contribution in [0.4, 0.5) is 0 Å². The molecule has 0 aromatic heterocycles. The predicted molar refractivity (Wildman–Crippen MR) is 46.0 cm³/mol. The summed E-state index contributed by atoms with van der Waals surface area (Å²) in [6, 6.07) is -0.145. The predicted octanol–water partition coefficient (Wildman–Crippen LogP) is -0.589. The number of carbonyl (C=O) groups excluding carboxylic acids is 1. The number of carbonyl (C=O) groups is 2. The van der Waals surface area contributed by atoms with Crippen LogP contribution in [0.5, 0.6) is 0 Å². The molecule has 0 spiro atoms. The lowest BCUT2D eigenvalue weighted by Crippen LogP contribution is -2.40. The first kappa shape index (κ1) is 9.98. The van der Waals surface area contributed by atoms with Gasteiger partial charge in [0, 0.05) is 12.6 Å². The van der Waals surface area contributed by atoms with Crippen LogP contribution in [0.3, 0.4) is 0 Å². The molecule has 1 fully saturated rings. The van der Waals surface area contributed by atoms with Crippen LogP contribution in [0.15, 0.2) is 0 Å². The van der Waals surface area contributed by atoms with Crippen molar-refractivity contribution in [2.45, 2.75) is 25.3 Å². The Bertz CT molecular complexity index is 217. The molecule has 0 aromatic rings. The van der Waals surface area contributed by atoms with Crippen LogP contribution in [0.25, 0.3) is 0 Å². The van der Waals surface area contributed by atoms with Gasteiger partial charge in [0.05, 0.1) is 13.0 Å². The number of likely N-dealkylation sites (tertiary alicyclic amines) is 1. The third kappa shape index (κ3) is 2.42. The van der Waals surface area contributed by atoms with Crippen LogP contribution in [0.1, 0.15) is 19.3 Å². The fourth-order valence-electron chi connectivity index (χ4n) is 1.70. The van der Waals surface area contributed by atoms with Crippen molar-refractivity contribution >= 4 is 11.9 Å². The van der Waals surface area contributed by atoms with Gasteiger partial charge in [-0.05, 0) is 12.8 Å². The van der Waals surface area contributed by atoms with E-state index in [9.17, 15) is 9.59 Å². The first-order valence-electron chi connectivity index (χ1n) is 4.36. The summed E-state index contributed by atoms with van der Waals surface area (Å²) in [4.78, 5) is 23.2. The molecule has 13 heavy (non-hydrogen) atoms. The molecule has 1 heterocycles. The summed E-state index contributed by atoms with van der Waals surface area (Å²) in [6.45, 7) is 0.615. The second kappa shape index (κ2) is 4.23. The molecule has 1 aliphatic heterocycles. The van der Waals surface area contributed by atoms with E-state index in [-0.39, 0.29) is 24.9 Å². The topological polar surface area (TPSA) is 83.6 Å². The van der Waals surface area contributed by atoms with Crippen LogP contribution in [0.2, 0.25) is 0 Å². The van der Waals surface area contributed by atoms with Crippen molar-refractivity contribution in [1.82, 2.24) is 4.90 Å². The first-order chi connectivity index (χ1) is 6.15. The van der Waals surface area contributed by atoms with Gasteiger partial charge in [-0.1, -0.05) is 0 Å². The van der Waals surface area contributed by atoms with Crippen LogP contribution < -0.4 is 5.73 Å². The number of nitrogens with two attached hydrogens (primary N) is 1. The largest absolute Gasteiger partial charge is 0.481 e. The van der Waals surface area contributed by atoms with E-state index in [1.165, 1.54) is 0 Å². The molecule has 3 N–H and O–H groups in total. The number of carboxylic acid groups (broad SMARTS) is 1. The summed E-state index contributed by atoms with van der Waals surface area (Å²) in [5.74, 6) is -1.01. The zero-order chi connectivity index (χ0) is 9.84. The molecule has 1 rings (SSSR count). The summed E-state index contributed by atoms with van der Waals surface area (Å²) >= 11 is 0. The minimum Gasteiger partial charge on any atom is -0.481 e. The lowest BCUT2D eigenvalue weighted by Gasteiger charge is -2.22. The van der Waals surface area contributed by atoms with E-state index in [1.54, 1.807) is 4.90 Å². The number of amides is 1. The van der Waals surface area contributed by atoms with Gasteiger partial charge in [0.2, 0.25) is 5.91 Å². The Kier molecular flexibility index (Phi) is 3.25. The lowest BCUT2D eigenvalue weighted by atomic mass is 10.1. The molecule has 1 aliphatic rings. The Hall–Kier alpha value is -1.10. The van der Waals surface area contributed by atoms with Gasteiger partial charge in [0.1, 0.15) is 0 Å². The highest BCUT2D eigenvalue weighted by Gasteiger charge is 2.29. The van der Waals surface area contributed by atoms with Crippen molar-refractivity contribution in [3.63, 3.8) is 0 Å². The monoisotopic (exact) mass is 186 g/mol. The third-order valence-electron chi connectivity index (χ3n) is 2.28. The van der Waals surface area contributed by atoms with E-state index < -0.39 is 5.97 Å². The second-order valence-corrected chi connectivity index (χ2v) is 3.19. The molecule has 1 saturated heterocycles. The maximum absolute atomic E-state index is 11.2. The van der Waals surface area contributed by atoms with E-state index in [1.807, 2.05) is 0 Å². The van der Waals surface area contributed by atoms with Crippen molar-refractivity contribution in [1.29, 1.82) is 0 Å². The molecule has 1 amide bonds. The molecule has 1 unspecified atom stereocenters. The summed E-state index contributed by atoms with van der Waals surface area (Å²) in [7, 11) is 0. The fraction of sp³-hybridized carbons (Fsp3) is 0.750. The highest BCUT2D eigenvalue weighted by atomic mass is 16.4. The number of aliphatic carboxylic acids is 1. The summed E-state index contributed by atoms with van der Waals surface area (Å²) in [5, 5.41) is 8.58. The lowest BCUT2D eigenvalue weighted by molar-refractivity contribution is -0.139. The Labute approximate surface area is 76.5 Å². The Morgan fingerprint density at radius 3 is 2.77 bits per heavy atom. The van der Waals surface area contributed by atoms with Crippen molar-refractivity contribution in [3.05, 3.63) is 0 Å². The zero-order valence-electron chi connectivity index (χ0n) is 7.40. The standard InChI is InChI=1S/C8H14N2O3/c9-5-7(11)10-3-1-2-6(10)4-8(12)13/h6H,1-5,9H2,(H,12,13). The van der Waals surface area contributed by atoms with Gasteiger partial charge in [0.15, 0.2) is 0 Å². The van der Waals surface area contributed by atoms with E-state index >= 15 is 0 Å². The number of carboxylic acids is 1. The Morgan fingerprint density at radius 2 is 2.23 bits per heavy atom.